The fourth-order valence-corrected chi connectivity index (χ4v) is 6.65. The van der Waals surface area contributed by atoms with Crippen LogP contribution in [0.2, 0.25) is 0 Å². The molecular formula is C19H29NO4. The number of hydrogen-bond acceptors (Lipinski definition) is 5. The predicted octanol–water partition coefficient (Wildman–Crippen LogP) is 3.82. The minimum Gasteiger partial charge on any atom is -0.448 e. The molecule has 4 heterocycles. The first-order chi connectivity index (χ1) is 11.4. The van der Waals surface area contributed by atoms with E-state index in [1.165, 1.54) is 12.8 Å². The fraction of sp³-hybridized carbons (Fsp3) is 0.947. The first-order valence-corrected chi connectivity index (χ1v) is 9.69. The minimum absolute atomic E-state index is 0.0423. The Kier molecular flexibility index (Phi) is 2.95. The van der Waals surface area contributed by atoms with Crippen LogP contribution in [0.15, 0.2) is 4.99 Å². The molecule has 24 heavy (non-hydrogen) atoms. The molecule has 0 amide bonds. The van der Waals surface area contributed by atoms with Crippen LogP contribution in [0.5, 0.6) is 0 Å². The normalized spacial score (nSPS) is 59.3. The molecule has 0 radical (unpaired) electrons. The van der Waals surface area contributed by atoms with Gasteiger partial charge in [-0.15, -0.1) is 0 Å². The predicted molar refractivity (Wildman–Crippen MR) is 88.1 cm³/mol. The van der Waals surface area contributed by atoms with Gasteiger partial charge in [0.25, 0.3) is 0 Å². The molecule has 5 heteroatoms. The summed E-state index contributed by atoms with van der Waals surface area (Å²) >= 11 is 0. The van der Waals surface area contributed by atoms with Crippen molar-refractivity contribution in [1.82, 2.24) is 0 Å². The zero-order chi connectivity index (χ0) is 16.8. The number of fused-ring (bicyclic) bond motifs is 2. The van der Waals surface area contributed by atoms with Crippen LogP contribution in [0.25, 0.3) is 0 Å². The van der Waals surface area contributed by atoms with Crippen molar-refractivity contribution in [3.63, 3.8) is 0 Å². The van der Waals surface area contributed by atoms with E-state index in [1.54, 1.807) is 0 Å². The van der Waals surface area contributed by atoms with Crippen LogP contribution < -0.4 is 0 Å². The summed E-state index contributed by atoms with van der Waals surface area (Å²) in [7, 11) is 0. The second-order valence-electron chi connectivity index (χ2n) is 8.97. The standard InChI is InChI=1S/C19H29NO4/c1-5-10-20-14-13(3)18-7-6-12(2)17(11-18)9-8-16(4)22-15(21-14)19(17,18)24-23-16/h12-13,15H,5-11H2,1-4H3. The van der Waals surface area contributed by atoms with E-state index in [4.69, 9.17) is 24.2 Å². The monoisotopic (exact) mass is 335 g/mol. The number of rotatable bonds is 2. The van der Waals surface area contributed by atoms with E-state index in [0.29, 0.717) is 5.92 Å². The summed E-state index contributed by atoms with van der Waals surface area (Å²) in [6, 6.07) is 0. The molecule has 0 aromatic rings. The summed E-state index contributed by atoms with van der Waals surface area (Å²) in [5, 5.41) is 0. The Bertz CT molecular complexity index is 608. The van der Waals surface area contributed by atoms with Crippen molar-refractivity contribution in [3.05, 3.63) is 0 Å². The van der Waals surface area contributed by atoms with Gasteiger partial charge in [-0.1, -0.05) is 20.8 Å². The van der Waals surface area contributed by atoms with E-state index in [1.807, 2.05) is 6.92 Å². The van der Waals surface area contributed by atoms with Gasteiger partial charge in [-0.3, -0.25) is 4.99 Å². The Labute approximate surface area is 144 Å². The second-order valence-corrected chi connectivity index (χ2v) is 8.97. The minimum atomic E-state index is -0.702. The van der Waals surface area contributed by atoms with Crippen molar-refractivity contribution in [3.8, 4) is 0 Å². The summed E-state index contributed by atoms with van der Waals surface area (Å²) in [6.07, 6.45) is 6.19. The largest absolute Gasteiger partial charge is 0.448 e. The highest BCUT2D eigenvalue weighted by Gasteiger charge is 2.88. The van der Waals surface area contributed by atoms with Crippen LogP contribution in [-0.4, -0.2) is 30.1 Å². The van der Waals surface area contributed by atoms with Gasteiger partial charge in [0, 0.05) is 29.7 Å². The zero-order valence-corrected chi connectivity index (χ0v) is 15.3. The third-order valence-corrected chi connectivity index (χ3v) is 8.06. The SMILES string of the molecule is CCCN=C1OC2OC3(C)CCC45CC(CCC4C)(C1C)C25OO3. The van der Waals surface area contributed by atoms with Crippen molar-refractivity contribution >= 4 is 5.90 Å². The molecule has 4 bridgehead atoms. The third kappa shape index (κ3) is 1.44. The summed E-state index contributed by atoms with van der Waals surface area (Å²) in [5.74, 6) is 1.04. The highest BCUT2D eigenvalue weighted by Crippen LogP contribution is 2.82. The molecule has 6 fully saturated rings. The van der Waals surface area contributed by atoms with Crippen LogP contribution in [0.1, 0.15) is 66.2 Å². The van der Waals surface area contributed by atoms with Crippen molar-refractivity contribution in [2.24, 2.45) is 27.7 Å². The number of nitrogens with zero attached hydrogens (tertiary/aromatic N) is 1. The molecule has 7 atom stereocenters. The van der Waals surface area contributed by atoms with E-state index >= 15 is 0 Å². The molecule has 0 aromatic heterocycles. The van der Waals surface area contributed by atoms with Gasteiger partial charge >= 0.3 is 0 Å². The molecule has 0 aromatic carbocycles. The molecule has 0 N–H and O–H groups in total. The van der Waals surface area contributed by atoms with E-state index in [-0.39, 0.29) is 23.0 Å². The van der Waals surface area contributed by atoms with Gasteiger partial charge in [0.05, 0.1) is 0 Å². The van der Waals surface area contributed by atoms with E-state index in [0.717, 1.165) is 38.1 Å². The van der Waals surface area contributed by atoms with Crippen LogP contribution in [0, 0.1) is 22.7 Å². The molecule has 4 saturated heterocycles. The van der Waals surface area contributed by atoms with Gasteiger partial charge in [-0.25, -0.2) is 9.78 Å². The molecule has 6 aliphatic rings. The van der Waals surface area contributed by atoms with Crippen molar-refractivity contribution in [1.29, 1.82) is 0 Å². The van der Waals surface area contributed by atoms with Gasteiger partial charge in [0.15, 0.2) is 11.5 Å². The molecule has 2 aliphatic carbocycles. The first kappa shape index (κ1) is 15.6. The van der Waals surface area contributed by atoms with Crippen LogP contribution in [-0.2, 0) is 19.2 Å². The van der Waals surface area contributed by atoms with Crippen LogP contribution in [0.4, 0.5) is 0 Å². The quantitative estimate of drug-likeness (QED) is 0.720. The van der Waals surface area contributed by atoms with Gasteiger partial charge in [0.1, 0.15) is 0 Å². The molecular weight excluding hydrogens is 306 g/mol. The Morgan fingerprint density at radius 1 is 1.12 bits per heavy atom. The Morgan fingerprint density at radius 3 is 2.75 bits per heavy atom. The average molecular weight is 335 g/mol. The fourth-order valence-electron chi connectivity index (χ4n) is 6.65. The lowest BCUT2D eigenvalue weighted by atomic mass is 9.30. The maximum atomic E-state index is 6.38. The van der Waals surface area contributed by atoms with Gasteiger partial charge < -0.3 is 9.47 Å². The molecule has 134 valence electrons. The van der Waals surface area contributed by atoms with Gasteiger partial charge in [-0.05, 0) is 44.9 Å². The smallest absolute Gasteiger partial charge is 0.237 e. The van der Waals surface area contributed by atoms with Crippen LogP contribution >= 0.6 is 0 Å². The summed E-state index contributed by atoms with van der Waals surface area (Å²) in [4.78, 5) is 16.9. The average Bonchev–Trinajstić information content (AvgIpc) is 2.71. The summed E-state index contributed by atoms with van der Waals surface area (Å²) < 4.78 is 12.7. The van der Waals surface area contributed by atoms with Gasteiger partial charge in [0.2, 0.25) is 12.1 Å². The lowest BCUT2D eigenvalue weighted by molar-refractivity contribution is -0.597. The molecule has 6 rings (SSSR count). The Hall–Kier alpha value is -0.650. The number of ether oxygens (including phenoxy) is 2. The molecule has 2 saturated carbocycles. The van der Waals surface area contributed by atoms with Crippen LogP contribution in [0.3, 0.4) is 0 Å². The van der Waals surface area contributed by atoms with E-state index < -0.39 is 11.4 Å². The second kappa shape index (κ2) is 4.54. The molecule has 7 unspecified atom stereocenters. The maximum absolute atomic E-state index is 6.38. The van der Waals surface area contributed by atoms with E-state index in [9.17, 15) is 0 Å². The van der Waals surface area contributed by atoms with E-state index in [2.05, 4.69) is 20.8 Å². The lowest BCUT2D eigenvalue weighted by Crippen LogP contribution is -2.86. The highest BCUT2D eigenvalue weighted by atomic mass is 17.3. The lowest BCUT2D eigenvalue weighted by Gasteiger charge is -2.78. The topological polar surface area (TPSA) is 49.3 Å². The first-order valence-electron chi connectivity index (χ1n) is 9.69. The summed E-state index contributed by atoms with van der Waals surface area (Å²) in [5.41, 5.74) is -0.298. The van der Waals surface area contributed by atoms with Gasteiger partial charge in [-0.2, -0.15) is 0 Å². The number of hydrogen-bond donors (Lipinski definition) is 0. The van der Waals surface area contributed by atoms with Crippen molar-refractivity contribution in [2.45, 2.75) is 83.9 Å². The zero-order valence-electron chi connectivity index (χ0n) is 15.3. The molecule has 4 aliphatic heterocycles. The Balaban J connectivity index is 1.66. The highest BCUT2D eigenvalue weighted by molar-refractivity contribution is 5.81. The Morgan fingerprint density at radius 2 is 1.96 bits per heavy atom. The molecule has 5 nitrogen and oxygen atoms in total. The van der Waals surface area contributed by atoms with Crippen molar-refractivity contribution < 1.29 is 19.2 Å². The maximum Gasteiger partial charge on any atom is 0.237 e. The van der Waals surface area contributed by atoms with Crippen molar-refractivity contribution in [2.75, 3.05) is 6.54 Å². The number of aliphatic imine (C=N–C) groups is 1. The molecule has 3 spiro atoms. The third-order valence-electron chi connectivity index (χ3n) is 8.06. The summed E-state index contributed by atoms with van der Waals surface area (Å²) in [6.45, 7) is 9.58.